The van der Waals surface area contributed by atoms with Crippen LogP contribution in [0.5, 0.6) is 0 Å². The molecule has 0 bridgehead atoms. The standard InChI is InChI=1S/C26H28N2O6Se/c1-26(2)32-16-19(34-26)21-22(31-15-17-9-5-3-6-10-17)23(35-18-11-7-4-8-12-18)24(33-21)28-14-13-20(29)27-25(28)30/h3-14,19,21-24H,15-16H2,1-2H3,(H,27,29,30)/t19-,21-,22+,23-,24-/m1/s1. The van der Waals surface area contributed by atoms with E-state index in [9.17, 15) is 9.59 Å². The molecule has 35 heavy (non-hydrogen) atoms. The molecular weight excluding hydrogens is 515 g/mol. The van der Waals surface area contributed by atoms with Crippen molar-refractivity contribution in [1.82, 2.24) is 9.55 Å². The summed E-state index contributed by atoms with van der Waals surface area (Å²) in [6, 6.07) is 21.4. The van der Waals surface area contributed by atoms with E-state index in [1.165, 1.54) is 16.8 Å². The average Bonchev–Trinajstić information content (AvgIpc) is 3.38. The van der Waals surface area contributed by atoms with Gasteiger partial charge in [0.1, 0.15) is 0 Å². The SMILES string of the molecule is CC1(C)OC[C@H]([C@H]2O[C@@H](n3ccc(=O)[nH]c3=O)[C@H]([Se]c3ccccc3)[C@H]2OCc2ccccc2)O1. The van der Waals surface area contributed by atoms with E-state index >= 15 is 0 Å². The van der Waals surface area contributed by atoms with Crippen molar-refractivity contribution in [2.75, 3.05) is 6.61 Å². The Kier molecular flexibility index (Phi) is 7.07. The Labute approximate surface area is 209 Å². The molecule has 0 radical (unpaired) electrons. The van der Waals surface area contributed by atoms with Crippen LogP contribution in [0.25, 0.3) is 0 Å². The Morgan fingerprint density at radius 3 is 2.43 bits per heavy atom. The summed E-state index contributed by atoms with van der Waals surface area (Å²) in [5.41, 5.74) is 0.0885. The summed E-state index contributed by atoms with van der Waals surface area (Å²) in [4.78, 5) is 26.7. The zero-order valence-electron chi connectivity index (χ0n) is 19.5. The van der Waals surface area contributed by atoms with Crippen molar-refractivity contribution in [3.63, 3.8) is 0 Å². The van der Waals surface area contributed by atoms with Crippen LogP contribution in [0.3, 0.4) is 0 Å². The van der Waals surface area contributed by atoms with Gasteiger partial charge >= 0.3 is 209 Å². The van der Waals surface area contributed by atoms with Gasteiger partial charge in [-0.3, -0.25) is 0 Å². The summed E-state index contributed by atoms with van der Waals surface area (Å²) in [7, 11) is 0. The molecule has 2 fully saturated rings. The van der Waals surface area contributed by atoms with Gasteiger partial charge in [-0.15, -0.1) is 0 Å². The number of H-pyrrole nitrogens is 1. The molecule has 3 aromatic rings. The van der Waals surface area contributed by atoms with Gasteiger partial charge in [0, 0.05) is 0 Å². The first-order valence-electron chi connectivity index (χ1n) is 11.6. The molecule has 8 nitrogen and oxygen atoms in total. The van der Waals surface area contributed by atoms with Gasteiger partial charge in [0.25, 0.3) is 0 Å². The third kappa shape index (κ3) is 5.51. The Balaban J connectivity index is 1.52. The van der Waals surface area contributed by atoms with E-state index in [4.69, 9.17) is 18.9 Å². The second-order valence-corrected chi connectivity index (χ2v) is 11.7. The molecule has 5 atom stereocenters. The molecule has 9 heteroatoms. The van der Waals surface area contributed by atoms with Crippen molar-refractivity contribution in [2.24, 2.45) is 0 Å². The van der Waals surface area contributed by atoms with Crippen molar-refractivity contribution >= 4 is 19.4 Å². The van der Waals surface area contributed by atoms with Crippen molar-refractivity contribution in [2.45, 2.75) is 55.6 Å². The predicted molar refractivity (Wildman–Crippen MR) is 131 cm³/mol. The molecule has 2 aliphatic rings. The van der Waals surface area contributed by atoms with Crippen LogP contribution in [-0.4, -0.2) is 55.2 Å². The average molecular weight is 543 g/mol. The number of nitrogens with zero attached hydrogens (tertiary/aromatic N) is 1. The fourth-order valence-corrected chi connectivity index (χ4v) is 7.17. The van der Waals surface area contributed by atoms with Crippen LogP contribution >= 0.6 is 0 Å². The normalized spacial score (nSPS) is 27.8. The van der Waals surface area contributed by atoms with Gasteiger partial charge in [-0.25, -0.2) is 0 Å². The van der Waals surface area contributed by atoms with Crippen LogP contribution in [0.4, 0.5) is 0 Å². The summed E-state index contributed by atoms with van der Waals surface area (Å²) in [6.45, 7) is 4.51. The maximum absolute atomic E-state index is 12.8. The molecule has 0 spiro atoms. The number of ether oxygens (including phenoxy) is 4. The third-order valence-electron chi connectivity index (χ3n) is 6.05. The van der Waals surface area contributed by atoms with Gasteiger partial charge in [-0.05, 0) is 0 Å². The van der Waals surface area contributed by atoms with Crippen LogP contribution in [-0.2, 0) is 25.6 Å². The molecule has 184 valence electrons. The van der Waals surface area contributed by atoms with E-state index in [1.807, 2.05) is 62.4 Å². The molecule has 1 N–H and O–H groups in total. The van der Waals surface area contributed by atoms with E-state index in [2.05, 4.69) is 17.1 Å². The van der Waals surface area contributed by atoms with Gasteiger partial charge in [-0.2, -0.15) is 0 Å². The fraction of sp³-hybridized carbons (Fsp3) is 0.385. The summed E-state index contributed by atoms with van der Waals surface area (Å²) >= 11 is -0.105. The number of aromatic amines is 1. The Morgan fingerprint density at radius 1 is 1.06 bits per heavy atom. The van der Waals surface area contributed by atoms with Gasteiger partial charge in [0.15, 0.2) is 0 Å². The Bertz CT molecular complexity index is 1250. The summed E-state index contributed by atoms with van der Waals surface area (Å²) in [6.07, 6.45) is -0.311. The topological polar surface area (TPSA) is 91.8 Å². The summed E-state index contributed by atoms with van der Waals surface area (Å²) in [5.74, 6) is -0.731. The number of aromatic nitrogens is 2. The monoisotopic (exact) mass is 544 g/mol. The van der Waals surface area contributed by atoms with Crippen molar-refractivity contribution in [3.05, 3.63) is 99.3 Å². The van der Waals surface area contributed by atoms with Crippen molar-refractivity contribution in [3.8, 4) is 0 Å². The fourth-order valence-electron chi connectivity index (χ4n) is 4.43. The van der Waals surface area contributed by atoms with Gasteiger partial charge in [-0.1, -0.05) is 0 Å². The quantitative estimate of drug-likeness (QED) is 0.459. The number of hydrogen-bond acceptors (Lipinski definition) is 6. The van der Waals surface area contributed by atoms with E-state index in [0.717, 1.165) is 10.0 Å². The molecule has 5 rings (SSSR count). The van der Waals surface area contributed by atoms with E-state index in [0.29, 0.717) is 13.2 Å². The van der Waals surface area contributed by atoms with E-state index < -0.39 is 29.4 Å². The minimum absolute atomic E-state index is 0.105. The van der Waals surface area contributed by atoms with Crippen LogP contribution < -0.4 is 15.7 Å². The molecule has 2 saturated heterocycles. The minimum atomic E-state index is -0.731. The number of hydrogen-bond donors (Lipinski definition) is 1. The van der Waals surface area contributed by atoms with Crippen molar-refractivity contribution < 1.29 is 18.9 Å². The first-order chi connectivity index (χ1) is 16.9. The first kappa shape index (κ1) is 24.2. The predicted octanol–water partition coefficient (Wildman–Crippen LogP) is 1.99. The van der Waals surface area contributed by atoms with Crippen molar-refractivity contribution in [1.29, 1.82) is 0 Å². The zero-order valence-corrected chi connectivity index (χ0v) is 21.2. The van der Waals surface area contributed by atoms with Gasteiger partial charge in [0.2, 0.25) is 0 Å². The molecule has 1 aromatic heterocycles. The Morgan fingerprint density at radius 2 is 1.77 bits per heavy atom. The number of nitrogens with one attached hydrogen (secondary N) is 1. The second kappa shape index (κ2) is 10.2. The first-order valence-corrected chi connectivity index (χ1v) is 13.4. The molecule has 3 heterocycles. The zero-order chi connectivity index (χ0) is 24.4. The van der Waals surface area contributed by atoms with E-state index in [1.54, 1.807) is 0 Å². The van der Waals surface area contributed by atoms with Crippen LogP contribution in [0.15, 0.2) is 82.5 Å². The van der Waals surface area contributed by atoms with Gasteiger partial charge in [0.05, 0.1) is 0 Å². The second-order valence-electron chi connectivity index (χ2n) is 9.03. The van der Waals surface area contributed by atoms with Crippen LogP contribution in [0, 0.1) is 0 Å². The Hall–Kier alpha value is -2.52. The molecular formula is C26H28N2O6Se. The molecule has 0 amide bonds. The third-order valence-corrected chi connectivity index (χ3v) is 8.81. The van der Waals surface area contributed by atoms with E-state index in [-0.39, 0.29) is 32.0 Å². The van der Waals surface area contributed by atoms with Gasteiger partial charge < -0.3 is 0 Å². The van der Waals surface area contributed by atoms with Crippen LogP contribution in [0.2, 0.25) is 4.82 Å². The molecule has 0 saturated carbocycles. The molecule has 2 aliphatic heterocycles. The molecule has 0 aliphatic carbocycles. The number of rotatable bonds is 7. The number of benzene rings is 2. The summed E-state index contributed by atoms with van der Waals surface area (Å²) < 4.78 is 27.7. The van der Waals surface area contributed by atoms with Crippen LogP contribution in [0.1, 0.15) is 25.6 Å². The molecule has 2 aromatic carbocycles. The maximum atomic E-state index is 12.8. The molecule has 0 unspecified atom stereocenters. The summed E-state index contributed by atoms with van der Waals surface area (Å²) in [5, 5.41) is 0.